The molecule has 0 aliphatic carbocycles. The molecule has 0 radical (unpaired) electrons. The second-order valence-electron chi connectivity index (χ2n) is 5.60. The predicted octanol–water partition coefficient (Wildman–Crippen LogP) is 2.36. The van der Waals surface area contributed by atoms with Crippen LogP contribution in [0, 0.1) is 24.0 Å². The van der Waals surface area contributed by atoms with Crippen LogP contribution in [0.1, 0.15) is 21.6 Å². The Balaban J connectivity index is 1.72. The highest BCUT2D eigenvalue weighted by Gasteiger charge is 2.13. The van der Waals surface area contributed by atoms with E-state index in [0.29, 0.717) is 0 Å². The number of carbonyl (C=O) groups is 1. The predicted molar refractivity (Wildman–Crippen MR) is 90.4 cm³/mol. The molecular weight excluding hydrogens is 324 g/mol. The van der Waals surface area contributed by atoms with E-state index >= 15 is 0 Å². The quantitative estimate of drug-likeness (QED) is 0.566. The Labute approximate surface area is 143 Å². The molecule has 2 heterocycles. The summed E-state index contributed by atoms with van der Waals surface area (Å²) in [4.78, 5) is 22.5. The Morgan fingerprint density at radius 3 is 2.60 bits per heavy atom. The Bertz CT molecular complexity index is 923. The van der Waals surface area contributed by atoms with Gasteiger partial charge in [-0.3, -0.25) is 19.6 Å². The minimum atomic E-state index is -0.518. The van der Waals surface area contributed by atoms with Gasteiger partial charge in [0.2, 0.25) is 0 Å². The molecule has 1 N–H and O–H groups in total. The standard InChI is InChI=1S/C16H16N6O3/c1-11-4-3-5-12(2)15(11)18-16(23)14-6-7-20(19-14)10-21-9-13(8-17-21)22(24)25/h3-9H,10H2,1-2H3,(H,18,23). The first-order valence-corrected chi connectivity index (χ1v) is 7.52. The third-order valence-corrected chi connectivity index (χ3v) is 3.71. The molecule has 3 aromatic rings. The van der Waals surface area contributed by atoms with Crippen LogP contribution in [0.4, 0.5) is 11.4 Å². The van der Waals surface area contributed by atoms with Crippen molar-refractivity contribution in [2.75, 3.05) is 5.32 Å². The minimum absolute atomic E-state index is 0.0971. The smallest absolute Gasteiger partial charge is 0.307 e. The molecule has 0 saturated carbocycles. The highest BCUT2D eigenvalue weighted by Crippen LogP contribution is 2.20. The van der Waals surface area contributed by atoms with Gasteiger partial charge in [-0.1, -0.05) is 18.2 Å². The molecule has 0 unspecified atom stereocenters. The Kier molecular flexibility index (Phi) is 4.29. The van der Waals surface area contributed by atoms with E-state index in [9.17, 15) is 14.9 Å². The number of carbonyl (C=O) groups excluding carboxylic acids is 1. The van der Waals surface area contributed by atoms with Crippen LogP contribution in [0.5, 0.6) is 0 Å². The van der Waals surface area contributed by atoms with E-state index in [-0.39, 0.29) is 24.0 Å². The molecule has 2 aromatic heterocycles. The number of nitro groups is 1. The van der Waals surface area contributed by atoms with Crippen molar-refractivity contribution in [3.05, 3.63) is 69.8 Å². The summed E-state index contributed by atoms with van der Waals surface area (Å²) >= 11 is 0. The monoisotopic (exact) mass is 340 g/mol. The zero-order valence-corrected chi connectivity index (χ0v) is 13.7. The molecule has 0 aliphatic heterocycles. The lowest BCUT2D eigenvalue weighted by molar-refractivity contribution is -0.385. The SMILES string of the molecule is Cc1cccc(C)c1NC(=O)c1ccn(Cn2cc([N+](=O)[O-])cn2)n1. The Morgan fingerprint density at radius 1 is 1.24 bits per heavy atom. The summed E-state index contributed by atoms with van der Waals surface area (Å²) in [6, 6.07) is 7.36. The lowest BCUT2D eigenvalue weighted by atomic mass is 10.1. The number of rotatable bonds is 5. The number of para-hydroxylation sites is 1. The van der Waals surface area contributed by atoms with Crippen molar-refractivity contribution in [3.8, 4) is 0 Å². The average molecular weight is 340 g/mol. The molecule has 3 rings (SSSR count). The van der Waals surface area contributed by atoms with Crippen molar-refractivity contribution < 1.29 is 9.72 Å². The number of aryl methyl sites for hydroxylation is 2. The van der Waals surface area contributed by atoms with Crippen molar-refractivity contribution in [2.24, 2.45) is 0 Å². The molecular formula is C16H16N6O3. The van der Waals surface area contributed by atoms with Crippen molar-refractivity contribution in [1.29, 1.82) is 0 Å². The zero-order valence-electron chi connectivity index (χ0n) is 13.7. The number of anilines is 1. The number of nitrogens with zero attached hydrogens (tertiary/aromatic N) is 5. The van der Waals surface area contributed by atoms with E-state index in [0.717, 1.165) is 23.0 Å². The van der Waals surface area contributed by atoms with Crippen LogP contribution in [0.25, 0.3) is 0 Å². The maximum Gasteiger partial charge on any atom is 0.307 e. The molecule has 1 amide bonds. The number of aromatic nitrogens is 4. The molecule has 9 heteroatoms. The van der Waals surface area contributed by atoms with Gasteiger partial charge in [0, 0.05) is 11.9 Å². The van der Waals surface area contributed by atoms with E-state index < -0.39 is 4.92 Å². The first kappa shape index (κ1) is 16.4. The molecule has 25 heavy (non-hydrogen) atoms. The van der Waals surface area contributed by atoms with Gasteiger partial charge in [-0.25, -0.2) is 4.68 Å². The van der Waals surface area contributed by atoms with Crippen LogP contribution < -0.4 is 5.32 Å². The lowest BCUT2D eigenvalue weighted by Gasteiger charge is -2.10. The van der Waals surface area contributed by atoms with E-state index in [1.807, 2.05) is 32.0 Å². The largest absolute Gasteiger partial charge is 0.320 e. The number of hydrogen-bond donors (Lipinski definition) is 1. The van der Waals surface area contributed by atoms with Crippen molar-refractivity contribution in [2.45, 2.75) is 20.5 Å². The van der Waals surface area contributed by atoms with Gasteiger partial charge in [-0.05, 0) is 31.0 Å². The maximum absolute atomic E-state index is 12.4. The Hall–Kier alpha value is -3.49. The average Bonchev–Trinajstić information content (AvgIpc) is 3.21. The number of amides is 1. The van der Waals surface area contributed by atoms with Gasteiger partial charge < -0.3 is 5.32 Å². The van der Waals surface area contributed by atoms with E-state index in [2.05, 4.69) is 15.5 Å². The highest BCUT2D eigenvalue weighted by atomic mass is 16.6. The van der Waals surface area contributed by atoms with Crippen LogP contribution in [0.15, 0.2) is 42.9 Å². The van der Waals surface area contributed by atoms with E-state index in [1.54, 1.807) is 12.3 Å². The van der Waals surface area contributed by atoms with E-state index in [1.165, 1.54) is 15.6 Å². The highest BCUT2D eigenvalue weighted by molar-refractivity contribution is 6.03. The van der Waals surface area contributed by atoms with Crippen molar-refractivity contribution in [3.63, 3.8) is 0 Å². The number of benzene rings is 1. The topological polar surface area (TPSA) is 108 Å². The fraction of sp³-hybridized carbons (Fsp3) is 0.188. The van der Waals surface area contributed by atoms with Crippen LogP contribution in [-0.4, -0.2) is 30.4 Å². The summed E-state index contributed by atoms with van der Waals surface area (Å²) in [5.41, 5.74) is 2.86. The van der Waals surface area contributed by atoms with Crippen molar-refractivity contribution >= 4 is 17.3 Å². The van der Waals surface area contributed by atoms with Crippen molar-refractivity contribution in [1.82, 2.24) is 19.6 Å². The molecule has 0 atom stereocenters. The van der Waals surface area contributed by atoms with Gasteiger partial charge in [-0.2, -0.15) is 10.2 Å². The zero-order chi connectivity index (χ0) is 18.0. The molecule has 0 bridgehead atoms. The summed E-state index contributed by atoms with van der Waals surface area (Å²) in [5.74, 6) is -0.317. The summed E-state index contributed by atoms with van der Waals surface area (Å²) in [6.07, 6.45) is 4.09. The van der Waals surface area contributed by atoms with Gasteiger partial charge >= 0.3 is 5.69 Å². The van der Waals surface area contributed by atoms with Crippen LogP contribution in [0.3, 0.4) is 0 Å². The molecule has 0 saturated heterocycles. The Morgan fingerprint density at radius 2 is 1.96 bits per heavy atom. The summed E-state index contributed by atoms with van der Waals surface area (Å²) < 4.78 is 2.86. The first-order chi connectivity index (χ1) is 11.9. The minimum Gasteiger partial charge on any atom is -0.320 e. The van der Waals surface area contributed by atoms with Gasteiger partial charge in [0.25, 0.3) is 5.91 Å². The van der Waals surface area contributed by atoms with Crippen LogP contribution in [0.2, 0.25) is 0 Å². The fourth-order valence-electron chi connectivity index (χ4n) is 2.42. The first-order valence-electron chi connectivity index (χ1n) is 7.52. The molecule has 0 fully saturated rings. The normalized spacial score (nSPS) is 10.6. The summed E-state index contributed by atoms with van der Waals surface area (Å²) in [7, 11) is 0. The lowest BCUT2D eigenvalue weighted by Crippen LogP contribution is -2.16. The summed E-state index contributed by atoms with van der Waals surface area (Å²) in [6.45, 7) is 4.02. The molecule has 0 spiro atoms. The fourth-order valence-corrected chi connectivity index (χ4v) is 2.42. The third kappa shape index (κ3) is 3.55. The molecule has 9 nitrogen and oxygen atoms in total. The number of hydrogen-bond acceptors (Lipinski definition) is 5. The van der Waals surface area contributed by atoms with Crippen LogP contribution in [-0.2, 0) is 6.67 Å². The maximum atomic E-state index is 12.4. The molecule has 0 aliphatic rings. The molecule has 1 aromatic carbocycles. The second-order valence-corrected chi connectivity index (χ2v) is 5.60. The summed E-state index contributed by atoms with van der Waals surface area (Å²) in [5, 5.41) is 21.6. The van der Waals surface area contributed by atoms with E-state index in [4.69, 9.17) is 0 Å². The van der Waals surface area contributed by atoms with Gasteiger partial charge in [-0.15, -0.1) is 0 Å². The molecule has 128 valence electrons. The van der Waals surface area contributed by atoms with Gasteiger partial charge in [0.15, 0.2) is 5.69 Å². The van der Waals surface area contributed by atoms with Crippen LogP contribution >= 0.6 is 0 Å². The number of nitrogens with one attached hydrogen (secondary N) is 1. The third-order valence-electron chi connectivity index (χ3n) is 3.71. The second kappa shape index (κ2) is 6.56. The van der Waals surface area contributed by atoms with Gasteiger partial charge in [0.05, 0.1) is 4.92 Å². The van der Waals surface area contributed by atoms with Gasteiger partial charge in [0.1, 0.15) is 19.1 Å².